The van der Waals surface area contributed by atoms with Crippen LogP contribution in [-0.2, 0) is 0 Å². The molecule has 2 unspecified atom stereocenters. The van der Waals surface area contributed by atoms with Gasteiger partial charge in [0.2, 0.25) is 0 Å². The summed E-state index contributed by atoms with van der Waals surface area (Å²) in [5, 5.41) is 0. The molecule has 3 nitrogen and oxygen atoms in total. The Hall–Kier alpha value is -1.06. The van der Waals surface area contributed by atoms with Crippen LogP contribution in [0.5, 0.6) is 0 Å². The van der Waals surface area contributed by atoms with Crippen molar-refractivity contribution in [3.05, 3.63) is 30.3 Å². The van der Waals surface area contributed by atoms with Crippen molar-refractivity contribution in [3.8, 4) is 0 Å². The molecule has 0 amide bonds. The molecule has 2 atom stereocenters. The van der Waals surface area contributed by atoms with Gasteiger partial charge in [0.25, 0.3) is 0 Å². The molecular weight excluding hydrogens is 210 g/mol. The van der Waals surface area contributed by atoms with Gasteiger partial charge in [-0.15, -0.1) is 0 Å². The van der Waals surface area contributed by atoms with Crippen LogP contribution in [0, 0.1) is 0 Å². The number of nitrogens with zero attached hydrogens (tertiary/aromatic N) is 2. The lowest BCUT2D eigenvalue weighted by molar-refractivity contribution is 0.318. The van der Waals surface area contributed by atoms with Crippen molar-refractivity contribution in [2.75, 3.05) is 32.1 Å². The summed E-state index contributed by atoms with van der Waals surface area (Å²) in [6.07, 6.45) is 1.13. The highest BCUT2D eigenvalue weighted by molar-refractivity contribution is 5.49. The van der Waals surface area contributed by atoms with Gasteiger partial charge in [0, 0.05) is 31.9 Å². The number of nitrogens with two attached hydrogens (primary N) is 1. The van der Waals surface area contributed by atoms with Gasteiger partial charge >= 0.3 is 0 Å². The van der Waals surface area contributed by atoms with Gasteiger partial charge in [0.15, 0.2) is 0 Å². The third-order valence-electron chi connectivity index (χ3n) is 4.21. The zero-order chi connectivity index (χ0) is 12.5. The van der Waals surface area contributed by atoms with Gasteiger partial charge in [-0.3, -0.25) is 0 Å². The van der Waals surface area contributed by atoms with Crippen LogP contribution in [-0.4, -0.2) is 43.7 Å². The lowest BCUT2D eigenvalue weighted by Crippen LogP contribution is -2.54. The maximum absolute atomic E-state index is 6.06. The Bertz CT molecular complexity index is 353. The van der Waals surface area contributed by atoms with E-state index in [4.69, 9.17) is 5.73 Å². The molecule has 2 N–H and O–H groups in total. The first-order valence-electron chi connectivity index (χ1n) is 6.28. The minimum atomic E-state index is 0.0789. The van der Waals surface area contributed by atoms with E-state index in [0.29, 0.717) is 12.6 Å². The molecule has 1 saturated heterocycles. The molecule has 0 spiro atoms. The Morgan fingerprint density at radius 3 is 2.53 bits per heavy atom. The lowest BCUT2D eigenvalue weighted by Gasteiger charge is -2.39. The fraction of sp³-hybridized carbons (Fsp3) is 0.571. The first kappa shape index (κ1) is 12.4. The van der Waals surface area contributed by atoms with Crippen LogP contribution >= 0.6 is 0 Å². The second-order valence-electron chi connectivity index (χ2n) is 5.29. The third kappa shape index (κ3) is 2.17. The van der Waals surface area contributed by atoms with E-state index in [9.17, 15) is 0 Å². The van der Waals surface area contributed by atoms with E-state index in [1.807, 2.05) is 0 Å². The molecule has 0 saturated carbocycles. The second-order valence-corrected chi connectivity index (χ2v) is 5.29. The van der Waals surface area contributed by atoms with Crippen molar-refractivity contribution >= 4 is 5.69 Å². The van der Waals surface area contributed by atoms with Crippen LogP contribution in [0.1, 0.15) is 13.3 Å². The highest BCUT2D eigenvalue weighted by Gasteiger charge is 2.42. The summed E-state index contributed by atoms with van der Waals surface area (Å²) in [5.41, 5.74) is 7.39. The SMILES string of the molecule is CC1CC(CN)(N(C)c2ccccc2)CN1C. The summed E-state index contributed by atoms with van der Waals surface area (Å²) in [4.78, 5) is 4.75. The standard InChI is InChI=1S/C14H23N3/c1-12-9-14(10-15,11-16(12)2)17(3)13-7-5-4-6-8-13/h4-8,12H,9-11,15H2,1-3H3. The summed E-state index contributed by atoms with van der Waals surface area (Å²) in [6, 6.07) is 11.1. The Balaban J connectivity index is 2.25. The Labute approximate surface area is 104 Å². The average Bonchev–Trinajstić information content (AvgIpc) is 2.66. The van der Waals surface area contributed by atoms with Crippen LogP contribution in [0.15, 0.2) is 30.3 Å². The quantitative estimate of drug-likeness (QED) is 0.859. The highest BCUT2D eigenvalue weighted by atomic mass is 15.3. The fourth-order valence-electron chi connectivity index (χ4n) is 2.84. The van der Waals surface area contributed by atoms with Crippen molar-refractivity contribution in [3.63, 3.8) is 0 Å². The summed E-state index contributed by atoms with van der Waals surface area (Å²) < 4.78 is 0. The summed E-state index contributed by atoms with van der Waals surface area (Å²) in [7, 11) is 4.34. The van der Waals surface area contributed by atoms with Crippen molar-refractivity contribution in [2.24, 2.45) is 5.73 Å². The maximum Gasteiger partial charge on any atom is 0.0662 e. The molecule has 0 radical (unpaired) electrons. The maximum atomic E-state index is 6.06. The normalized spacial score (nSPS) is 29.5. The number of benzene rings is 1. The van der Waals surface area contributed by atoms with Crippen molar-refractivity contribution < 1.29 is 0 Å². The molecule has 2 rings (SSSR count). The van der Waals surface area contributed by atoms with Gasteiger partial charge in [-0.05, 0) is 32.5 Å². The van der Waals surface area contributed by atoms with Crippen LogP contribution < -0.4 is 10.6 Å². The Morgan fingerprint density at radius 2 is 2.06 bits per heavy atom. The largest absolute Gasteiger partial charge is 0.366 e. The Morgan fingerprint density at radius 1 is 1.41 bits per heavy atom. The predicted molar refractivity (Wildman–Crippen MR) is 73.3 cm³/mol. The molecule has 0 bridgehead atoms. The van der Waals surface area contributed by atoms with Gasteiger partial charge in [0.05, 0.1) is 5.54 Å². The molecule has 0 aliphatic carbocycles. The lowest BCUT2D eigenvalue weighted by atomic mass is 9.94. The smallest absolute Gasteiger partial charge is 0.0662 e. The second kappa shape index (κ2) is 4.67. The molecule has 17 heavy (non-hydrogen) atoms. The first-order valence-corrected chi connectivity index (χ1v) is 6.28. The van der Waals surface area contributed by atoms with E-state index in [-0.39, 0.29) is 5.54 Å². The monoisotopic (exact) mass is 233 g/mol. The molecule has 1 aromatic rings. The molecule has 1 heterocycles. The highest BCUT2D eigenvalue weighted by Crippen LogP contribution is 2.33. The van der Waals surface area contributed by atoms with E-state index in [0.717, 1.165) is 13.0 Å². The molecule has 1 aliphatic rings. The number of rotatable bonds is 3. The van der Waals surface area contributed by atoms with E-state index in [2.05, 4.69) is 61.2 Å². The van der Waals surface area contributed by atoms with Gasteiger partial charge in [-0.1, -0.05) is 18.2 Å². The summed E-state index contributed by atoms with van der Waals surface area (Å²) in [5.74, 6) is 0. The van der Waals surface area contributed by atoms with Crippen LogP contribution in [0.2, 0.25) is 0 Å². The topological polar surface area (TPSA) is 32.5 Å². The van der Waals surface area contributed by atoms with Crippen LogP contribution in [0.4, 0.5) is 5.69 Å². The fourth-order valence-corrected chi connectivity index (χ4v) is 2.84. The van der Waals surface area contributed by atoms with E-state index in [1.54, 1.807) is 0 Å². The average molecular weight is 233 g/mol. The molecule has 1 aromatic carbocycles. The third-order valence-corrected chi connectivity index (χ3v) is 4.21. The van der Waals surface area contributed by atoms with Crippen molar-refractivity contribution in [1.82, 2.24) is 4.90 Å². The van der Waals surface area contributed by atoms with E-state index < -0.39 is 0 Å². The zero-order valence-electron chi connectivity index (χ0n) is 11.1. The number of likely N-dealkylation sites (tertiary alicyclic amines) is 1. The number of para-hydroxylation sites is 1. The zero-order valence-corrected chi connectivity index (χ0v) is 11.1. The van der Waals surface area contributed by atoms with Gasteiger partial charge in [0.1, 0.15) is 0 Å². The number of hydrogen-bond donors (Lipinski definition) is 1. The minimum Gasteiger partial charge on any atom is -0.366 e. The van der Waals surface area contributed by atoms with E-state index >= 15 is 0 Å². The van der Waals surface area contributed by atoms with Gasteiger partial charge < -0.3 is 15.5 Å². The molecule has 0 aromatic heterocycles. The number of hydrogen-bond acceptors (Lipinski definition) is 3. The molecule has 1 aliphatic heterocycles. The first-order chi connectivity index (χ1) is 8.09. The molecule has 3 heteroatoms. The van der Waals surface area contributed by atoms with Crippen LogP contribution in [0.25, 0.3) is 0 Å². The predicted octanol–water partition coefficient (Wildman–Crippen LogP) is 1.54. The molecule has 94 valence electrons. The molecule has 1 fully saturated rings. The van der Waals surface area contributed by atoms with E-state index in [1.165, 1.54) is 5.69 Å². The summed E-state index contributed by atoms with van der Waals surface area (Å²) >= 11 is 0. The minimum absolute atomic E-state index is 0.0789. The van der Waals surface area contributed by atoms with Gasteiger partial charge in [-0.2, -0.15) is 0 Å². The van der Waals surface area contributed by atoms with Crippen molar-refractivity contribution in [1.29, 1.82) is 0 Å². The number of anilines is 1. The Kier molecular flexibility index (Phi) is 3.40. The van der Waals surface area contributed by atoms with Gasteiger partial charge in [-0.25, -0.2) is 0 Å². The summed E-state index contributed by atoms with van der Waals surface area (Å²) in [6.45, 7) is 4.01. The molecular formula is C14H23N3. The van der Waals surface area contributed by atoms with Crippen LogP contribution in [0.3, 0.4) is 0 Å². The van der Waals surface area contributed by atoms with Crippen molar-refractivity contribution in [2.45, 2.75) is 24.9 Å². The number of likely N-dealkylation sites (N-methyl/N-ethyl adjacent to an activating group) is 2.